The van der Waals surface area contributed by atoms with E-state index in [1.165, 1.54) is 9.80 Å². The molecule has 1 aliphatic carbocycles. The molecule has 0 aromatic carbocycles. The molecular formula is C14H22N2O4. The lowest BCUT2D eigenvalue weighted by molar-refractivity contribution is -0.143. The van der Waals surface area contributed by atoms with E-state index in [0.29, 0.717) is 0 Å². The molecule has 6 nitrogen and oxygen atoms in total. The summed E-state index contributed by atoms with van der Waals surface area (Å²) in [6, 6.07) is -0.595. The molecule has 112 valence electrons. The fourth-order valence-electron chi connectivity index (χ4n) is 3.20. The molecule has 0 aromatic rings. The molecule has 2 amide bonds. The van der Waals surface area contributed by atoms with Crippen molar-refractivity contribution >= 4 is 17.8 Å². The Kier molecular flexibility index (Phi) is 4.75. The van der Waals surface area contributed by atoms with Crippen LogP contribution in [-0.2, 0) is 14.4 Å². The van der Waals surface area contributed by atoms with Crippen molar-refractivity contribution in [2.45, 2.75) is 57.0 Å². The molecule has 6 heteroatoms. The number of hydrogen-bond acceptors (Lipinski definition) is 4. The van der Waals surface area contributed by atoms with Crippen LogP contribution in [0.5, 0.6) is 0 Å². The van der Waals surface area contributed by atoms with Crippen LogP contribution < -0.4 is 0 Å². The second-order valence-corrected chi connectivity index (χ2v) is 5.78. The van der Waals surface area contributed by atoms with Crippen molar-refractivity contribution in [1.29, 1.82) is 0 Å². The van der Waals surface area contributed by atoms with E-state index in [1.54, 1.807) is 7.05 Å². The first kappa shape index (κ1) is 15.0. The van der Waals surface area contributed by atoms with Gasteiger partial charge < -0.3 is 5.11 Å². The zero-order valence-corrected chi connectivity index (χ0v) is 11.9. The zero-order valence-electron chi connectivity index (χ0n) is 11.9. The molecule has 1 heterocycles. The molecule has 0 spiro atoms. The summed E-state index contributed by atoms with van der Waals surface area (Å²) in [4.78, 5) is 38.1. The summed E-state index contributed by atoms with van der Waals surface area (Å²) in [5.41, 5.74) is 0. The summed E-state index contributed by atoms with van der Waals surface area (Å²) in [6.07, 6.45) is 6.30. The number of likely N-dealkylation sites (tertiary alicyclic amines) is 1. The van der Waals surface area contributed by atoms with Crippen LogP contribution in [0, 0.1) is 0 Å². The summed E-state index contributed by atoms with van der Waals surface area (Å²) in [7, 11) is 1.58. The third-order valence-electron chi connectivity index (χ3n) is 4.27. The van der Waals surface area contributed by atoms with Crippen LogP contribution in [0.4, 0.5) is 0 Å². The first-order valence-electron chi connectivity index (χ1n) is 7.28. The van der Waals surface area contributed by atoms with Crippen LogP contribution in [0.25, 0.3) is 0 Å². The first-order valence-corrected chi connectivity index (χ1v) is 7.28. The average molecular weight is 282 g/mol. The molecule has 0 bridgehead atoms. The Morgan fingerprint density at radius 2 is 1.85 bits per heavy atom. The van der Waals surface area contributed by atoms with Gasteiger partial charge in [0.15, 0.2) is 0 Å². The number of carboxylic acid groups (broad SMARTS) is 1. The number of carbonyl (C=O) groups excluding carboxylic acids is 2. The summed E-state index contributed by atoms with van der Waals surface area (Å²) in [6.45, 7) is -0.220. The fourth-order valence-corrected chi connectivity index (χ4v) is 3.20. The monoisotopic (exact) mass is 282 g/mol. The van der Waals surface area contributed by atoms with E-state index in [0.717, 1.165) is 38.5 Å². The number of likely N-dealkylation sites (N-methyl/N-ethyl adjacent to an activating group) is 1. The smallest absolute Gasteiger partial charge is 0.317 e. The lowest BCUT2D eigenvalue weighted by Gasteiger charge is -2.26. The highest BCUT2D eigenvalue weighted by molar-refractivity contribution is 6.06. The quantitative estimate of drug-likeness (QED) is 0.611. The van der Waals surface area contributed by atoms with Gasteiger partial charge in [0.1, 0.15) is 0 Å². The number of carbonyl (C=O) groups is 3. The van der Waals surface area contributed by atoms with E-state index >= 15 is 0 Å². The van der Waals surface area contributed by atoms with Gasteiger partial charge in [0.2, 0.25) is 11.8 Å². The number of imide groups is 1. The molecule has 1 aliphatic heterocycles. The van der Waals surface area contributed by atoms with Gasteiger partial charge in [-0.3, -0.25) is 24.2 Å². The maximum atomic E-state index is 12.4. The van der Waals surface area contributed by atoms with E-state index in [1.807, 2.05) is 0 Å². The highest BCUT2D eigenvalue weighted by atomic mass is 16.4. The van der Waals surface area contributed by atoms with E-state index < -0.39 is 12.0 Å². The van der Waals surface area contributed by atoms with Crippen molar-refractivity contribution in [2.24, 2.45) is 0 Å². The van der Waals surface area contributed by atoms with E-state index in [4.69, 9.17) is 5.11 Å². The van der Waals surface area contributed by atoms with E-state index in [9.17, 15) is 14.4 Å². The number of nitrogens with zero attached hydrogens (tertiary/aromatic N) is 2. The molecule has 2 aliphatic rings. The molecule has 1 saturated heterocycles. The standard InChI is InChI=1S/C14H22N2O4/c1-15(9-13(18)19)11-8-12(17)16(14(11)20)10-6-4-2-3-5-7-10/h10-11H,2-9H2,1H3,(H,18,19). The molecule has 0 aromatic heterocycles. The van der Waals surface area contributed by atoms with Gasteiger partial charge in [-0.1, -0.05) is 25.7 Å². The molecule has 1 atom stereocenters. The Morgan fingerprint density at radius 1 is 1.25 bits per heavy atom. The second kappa shape index (κ2) is 6.35. The SMILES string of the molecule is CN(CC(=O)O)C1CC(=O)N(C2CCCCCC2)C1=O. The maximum absolute atomic E-state index is 12.4. The molecule has 2 rings (SSSR count). The summed E-state index contributed by atoms with van der Waals surface area (Å²) < 4.78 is 0. The van der Waals surface area contributed by atoms with E-state index in [2.05, 4.69) is 0 Å². The topological polar surface area (TPSA) is 77.9 Å². The second-order valence-electron chi connectivity index (χ2n) is 5.78. The number of aliphatic carboxylic acids is 1. The lowest BCUT2D eigenvalue weighted by Crippen LogP contribution is -2.45. The number of rotatable bonds is 4. The third kappa shape index (κ3) is 3.17. The third-order valence-corrected chi connectivity index (χ3v) is 4.27. The van der Waals surface area contributed by atoms with Gasteiger partial charge in [-0.05, 0) is 19.9 Å². The Labute approximate surface area is 118 Å². The van der Waals surface area contributed by atoms with Crippen molar-refractivity contribution in [2.75, 3.05) is 13.6 Å². The van der Waals surface area contributed by atoms with Crippen LogP contribution in [-0.4, -0.2) is 58.4 Å². The number of hydrogen-bond donors (Lipinski definition) is 1. The summed E-state index contributed by atoms with van der Waals surface area (Å²) in [5.74, 6) is -1.35. The van der Waals surface area contributed by atoms with Gasteiger partial charge in [-0.25, -0.2) is 0 Å². The molecule has 2 fully saturated rings. The van der Waals surface area contributed by atoms with Crippen LogP contribution >= 0.6 is 0 Å². The van der Waals surface area contributed by atoms with Gasteiger partial charge in [0.25, 0.3) is 0 Å². The largest absolute Gasteiger partial charge is 0.480 e. The highest BCUT2D eigenvalue weighted by Gasteiger charge is 2.44. The Balaban J connectivity index is 2.05. The fraction of sp³-hybridized carbons (Fsp3) is 0.786. The number of carboxylic acids is 1. The minimum absolute atomic E-state index is 0.0146. The van der Waals surface area contributed by atoms with Crippen molar-refractivity contribution in [1.82, 2.24) is 9.80 Å². The predicted octanol–water partition coefficient (Wildman–Crippen LogP) is 0.853. The molecule has 1 unspecified atom stereocenters. The Morgan fingerprint density at radius 3 is 2.40 bits per heavy atom. The minimum atomic E-state index is -0.985. The van der Waals surface area contributed by atoms with Gasteiger partial charge in [0.05, 0.1) is 19.0 Å². The van der Waals surface area contributed by atoms with Gasteiger partial charge in [-0.2, -0.15) is 0 Å². The van der Waals surface area contributed by atoms with Crippen molar-refractivity contribution < 1.29 is 19.5 Å². The summed E-state index contributed by atoms with van der Waals surface area (Å²) in [5, 5.41) is 8.80. The van der Waals surface area contributed by atoms with Gasteiger partial charge in [0, 0.05) is 6.04 Å². The Hall–Kier alpha value is -1.43. The predicted molar refractivity (Wildman–Crippen MR) is 72.0 cm³/mol. The Bertz CT molecular complexity index is 402. The molecular weight excluding hydrogens is 260 g/mol. The zero-order chi connectivity index (χ0) is 14.7. The molecule has 0 radical (unpaired) electrons. The van der Waals surface area contributed by atoms with Gasteiger partial charge in [-0.15, -0.1) is 0 Å². The maximum Gasteiger partial charge on any atom is 0.317 e. The summed E-state index contributed by atoms with van der Waals surface area (Å²) >= 11 is 0. The van der Waals surface area contributed by atoms with Crippen LogP contribution in [0.3, 0.4) is 0 Å². The van der Waals surface area contributed by atoms with Crippen LogP contribution in [0.2, 0.25) is 0 Å². The molecule has 1 saturated carbocycles. The van der Waals surface area contributed by atoms with Crippen LogP contribution in [0.15, 0.2) is 0 Å². The van der Waals surface area contributed by atoms with Crippen LogP contribution in [0.1, 0.15) is 44.9 Å². The average Bonchev–Trinajstić information content (AvgIpc) is 2.57. The van der Waals surface area contributed by atoms with Crippen molar-refractivity contribution in [3.63, 3.8) is 0 Å². The highest BCUT2D eigenvalue weighted by Crippen LogP contribution is 2.28. The van der Waals surface area contributed by atoms with Crippen molar-refractivity contribution in [3.05, 3.63) is 0 Å². The minimum Gasteiger partial charge on any atom is -0.480 e. The van der Waals surface area contributed by atoms with E-state index in [-0.39, 0.29) is 30.8 Å². The van der Waals surface area contributed by atoms with Gasteiger partial charge >= 0.3 is 5.97 Å². The van der Waals surface area contributed by atoms with Crippen molar-refractivity contribution in [3.8, 4) is 0 Å². The lowest BCUT2D eigenvalue weighted by atomic mass is 10.1. The molecule has 20 heavy (non-hydrogen) atoms. The number of amides is 2. The molecule has 1 N–H and O–H groups in total. The first-order chi connectivity index (χ1) is 9.50. The normalized spacial score (nSPS) is 25.3.